The molecule has 1 saturated carbocycles. The summed E-state index contributed by atoms with van der Waals surface area (Å²) in [6, 6.07) is 9.51. The number of terminal acetylenes is 1. The Morgan fingerprint density at radius 2 is 2.26 bits per heavy atom. The van der Waals surface area contributed by atoms with Crippen LogP contribution in [0, 0.1) is 24.2 Å². The van der Waals surface area contributed by atoms with Crippen LogP contribution < -0.4 is 5.32 Å². The molecule has 4 unspecified atom stereocenters. The van der Waals surface area contributed by atoms with Crippen LogP contribution in [0.15, 0.2) is 24.3 Å². The molecule has 2 aliphatic rings. The first kappa shape index (κ1) is 12.8. The maximum absolute atomic E-state index is 5.56. The lowest BCUT2D eigenvalue weighted by Gasteiger charge is -2.16. The van der Waals surface area contributed by atoms with Crippen LogP contribution in [-0.2, 0) is 6.42 Å². The Morgan fingerprint density at radius 3 is 3.05 bits per heavy atom. The van der Waals surface area contributed by atoms with Crippen molar-refractivity contribution in [2.75, 3.05) is 6.54 Å². The van der Waals surface area contributed by atoms with Gasteiger partial charge >= 0.3 is 0 Å². The molecule has 0 heterocycles. The second-order valence-electron chi connectivity index (χ2n) is 5.97. The summed E-state index contributed by atoms with van der Waals surface area (Å²) in [5, 5.41) is 3.68. The molecule has 1 aromatic rings. The summed E-state index contributed by atoms with van der Waals surface area (Å²) in [5.41, 5.74) is 3.17. The van der Waals surface area contributed by atoms with Gasteiger partial charge in [-0.2, -0.15) is 0 Å². The SMILES string of the molecule is C#CCC(NCCC)C1C2CCc3ccccc3C21. The molecular weight excluding hydrogens is 230 g/mol. The van der Waals surface area contributed by atoms with E-state index in [0.717, 1.165) is 30.7 Å². The maximum atomic E-state index is 5.56. The van der Waals surface area contributed by atoms with Gasteiger partial charge in [0.05, 0.1) is 0 Å². The van der Waals surface area contributed by atoms with Gasteiger partial charge in [0.25, 0.3) is 0 Å². The van der Waals surface area contributed by atoms with Gasteiger partial charge in [-0.15, -0.1) is 12.3 Å². The standard InChI is InChI=1S/C18H23N/c1-3-7-16(19-12-4-2)18-15-11-10-13-8-5-6-9-14(13)17(15)18/h1,5-6,8-9,15-19H,4,7,10-12H2,2H3. The van der Waals surface area contributed by atoms with Crippen molar-refractivity contribution in [3.05, 3.63) is 35.4 Å². The van der Waals surface area contributed by atoms with Gasteiger partial charge in [0.2, 0.25) is 0 Å². The van der Waals surface area contributed by atoms with E-state index in [1.54, 1.807) is 11.1 Å². The summed E-state index contributed by atoms with van der Waals surface area (Å²) in [6.07, 6.45) is 10.2. The quantitative estimate of drug-likeness (QED) is 0.794. The predicted octanol–water partition coefficient (Wildman–Crippen LogP) is 3.35. The molecule has 0 amide bonds. The number of nitrogens with one attached hydrogen (secondary N) is 1. The summed E-state index contributed by atoms with van der Waals surface area (Å²) in [5.74, 6) is 5.28. The van der Waals surface area contributed by atoms with E-state index in [-0.39, 0.29) is 0 Å². The van der Waals surface area contributed by atoms with Crippen molar-refractivity contribution in [1.29, 1.82) is 0 Å². The van der Waals surface area contributed by atoms with Crippen LogP contribution in [-0.4, -0.2) is 12.6 Å². The van der Waals surface area contributed by atoms with Crippen molar-refractivity contribution in [3.63, 3.8) is 0 Å². The van der Waals surface area contributed by atoms with Crippen molar-refractivity contribution in [3.8, 4) is 12.3 Å². The molecule has 1 nitrogen and oxygen atoms in total. The second kappa shape index (κ2) is 5.39. The first-order valence-electron chi connectivity index (χ1n) is 7.61. The fraction of sp³-hybridized carbons (Fsp3) is 0.556. The fourth-order valence-corrected chi connectivity index (χ4v) is 3.97. The zero-order chi connectivity index (χ0) is 13.2. The van der Waals surface area contributed by atoms with Gasteiger partial charge in [0.15, 0.2) is 0 Å². The molecule has 1 fully saturated rings. The molecule has 1 aromatic carbocycles. The van der Waals surface area contributed by atoms with E-state index in [4.69, 9.17) is 6.42 Å². The van der Waals surface area contributed by atoms with Crippen LogP contribution in [0.1, 0.15) is 43.2 Å². The highest BCUT2D eigenvalue weighted by molar-refractivity contribution is 5.40. The van der Waals surface area contributed by atoms with Gasteiger partial charge in [0, 0.05) is 12.5 Å². The van der Waals surface area contributed by atoms with E-state index in [1.165, 1.54) is 19.3 Å². The topological polar surface area (TPSA) is 12.0 Å². The van der Waals surface area contributed by atoms with E-state index in [1.807, 2.05) is 0 Å². The van der Waals surface area contributed by atoms with E-state index in [2.05, 4.69) is 42.4 Å². The van der Waals surface area contributed by atoms with Crippen LogP contribution in [0.4, 0.5) is 0 Å². The molecule has 0 aromatic heterocycles. The van der Waals surface area contributed by atoms with Crippen LogP contribution in [0.5, 0.6) is 0 Å². The first-order chi connectivity index (χ1) is 9.36. The van der Waals surface area contributed by atoms with Gasteiger partial charge in [-0.25, -0.2) is 0 Å². The van der Waals surface area contributed by atoms with Gasteiger partial charge in [-0.3, -0.25) is 0 Å². The summed E-state index contributed by atoms with van der Waals surface area (Å²) in [6.45, 7) is 3.30. The normalized spacial score (nSPS) is 28.9. The molecule has 1 N–H and O–H groups in total. The Bertz CT molecular complexity index is 485. The molecule has 100 valence electrons. The Morgan fingerprint density at radius 1 is 1.42 bits per heavy atom. The van der Waals surface area contributed by atoms with E-state index >= 15 is 0 Å². The average molecular weight is 253 g/mol. The molecule has 19 heavy (non-hydrogen) atoms. The van der Waals surface area contributed by atoms with E-state index < -0.39 is 0 Å². The lowest BCUT2D eigenvalue weighted by Crippen LogP contribution is -2.32. The Labute approximate surface area is 116 Å². The molecule has 2 aliphatic carbocycles. The number of aryl methyl sites for hydroxylation is 1. The molecule has 0 aliphatic heterocycles. The fourth-order valence-electron chi connectivity index (χ4n) is 3.97. The third-order valence-electron chi connectivity index (χ3n) is 4.85. The van der Waals surface area contributed by atoms with Crippen LogP contribution in [0.2, 0.25) is 0 Å². The van der Waals surface area contributed by atoms with Crippen molar-refractivity contribution in [2.45, 2.75) is 44.6 Å². The second-order valence-corrected chi connectivity index (χ2v) is 5.97. The summed E-state index contributed by atoms with van der Waals surface area (Å²) in [7, 11) is 0. The lowest BCUT2D eigenvalue weighted by atomic mass is 9.92. The Balaban J connectivity index is 1.76. The summed E-state index contributed by atoms with van der Waals surface area (Å²) in [4.78, 5) is 0. The molecule has 0 bridgehead atoms. The molecule has 0 saturated heterocycles. The van der Waals surface area contributed by atoms with E-state index in [9.17, 15) is 0 Å². The van der Waals surface area contributed by atoms with Gasteiger partial charge in [-0.05, 0) is 54.7 Å². The minimum Gasteiger partial charge on any atom is -0.313 e. The number of fused-ring (bicyclic) bond motifs is 3. The van der Waals surface area contributed by atoms with Crippen molar-refractivity contribution < 1.29 is 0 Å². The monoisotopic (exact) mass is 253 g/mol. The highest BCUT2D eigenvalue weighted by Gasteiger charge is 2.55. The minimum absolute atomic E-state index is 0.520. The van der Waals surface area contributed by atoms with E-state index in [0.29, 0.717) is 6.04 Å². The zero-order valence-corrected chi connectivity index (χ0v) is 11.7. The van der Waals surface area contributed by atoms with Gasteiger partial charge < -0.3 is 5.32 Å². The first-order valence-corrected chi connectivity index (χ1v) is 7.61. The number of benzene rings is 1. The van der Waals surface area contributed by atoms with Crippen LogP contribution in [0.3, 0.4) is 0 Å². The summed E-state index contributed by atoms with van der Waals surface area (Å²) >= 11 is 0. The Kier molecular flexibility index (Phi) is 3.62. The van der Waals surface area contributed by atoms with Crippen LogP contribution >= 0.6 is 0 Å². The lowest BCUT2D eigenvalue weighted by molar-refractivity contribution is 0.441. The zero-order valence-electron chi connectivity index (χ0n) is 11.7. The highest BCUT2D eigenvalue weighted by Crippen LogP contribution is 2.61. The molecule has 4 atom stereocenters. The maximum Gasteiger partial charge on any atom is 0.0243 e. The number of hydrogen-bond acceptors (Lipinski definition) is 1. The number of rotatable bonds is 5. The van der Waals surface area contributed by atoms with Gasteiger partial charge in [-0.1, -0.05) is 31.2 Å². The van der Waals surface area contributed by atoms with Crippen molar-refractivity contribution in [1.82, 2.24) is 5.32 Å². The molecule has 3 rings (SSSR count). The third kappa shape index (κ3) is 2.30. The molecular formula is C18H23N. The molecule has 1 heteroatoms. The van der Waals surface area contributed by atoms with Crippen molar-refractivity contribution in [2.24, 2.45) is 11.8 Å². The Hall–Kier alpha value is -1.26. The van der Waals surface area contributed by atoms with Crippen LogP contribution in [0.25, 0.3) is 0 Å². The highest BCUT2D eigenvalue weighted by atomic mass is 14.9. The average Bonchev–Trinajstić information content (AvgIpc) is 3.18. The minimum atomic E-state index is 0.520. The summed E-state index contributed by atoms with van der Waals surface area (Å²) < 4.78 is 0. The van der Waals surface area contributed by atoms with Crippen molar-refractivity contribution >= 4 is 0 Å². The molecule has 0 spiro atoms. The van der Waals surface area contributed by atoms with Gasteiger partial charge in [0.1, 0.15) is 0 Å². The number of hydrogen-bond donors (Lipinski definition) is 1. The smallest absolute Gasteiger partial charge is 0.0243 e. The largest absolute Gasteiger partial charge is 0.313 e. The third-order valence-corrected chi connectivity index (χ3v) is 4.85. The predicted molar refractivity (Wildman–Crippen MR) is 80.0 cm³/mol. The molecule has 0 radical (unpaired) electrons.